The zero-order valence-electron chi connectivity index (χ0n) is 12.4. The highest BCUT2D eigenvalue weighted by Crippen LogP contribution is 2.50. The van der Waals surface area contributed by atoms with Gasteiger partial charge < -0.3 is 30.6 Å². The molecule has 1 aliphatic carbocycles. The minimum atomic E-state index is -3.09. The quantitative estimate of drug-likeness (QED) is 0.244. The van der Waals surface area contributed by atoms with Crippen molar-refractivity contribution in [3.8, 4) is 0 Å². The van der Waals surface area contributed by atoms with E-state index in [4.69, 9.17) is 0 Å². The third-order valence-corrected chi connectivity index (χ3v) is 4.50. The van der Waals surface area contributed by atoms with Gasteiger partial charge in [-0.25, -0.2) is 0 Å². The first kappa shape index (κ1) is 19.9. The highest BCUT2D eigenvalue weighted by Gasteiger charge is 2.64. The molecular formula is C13H14O12. The van der Waals surface area contributed by atoms with Gasteiger partial charge in [0.25, 0.3) is 0 Å². The molecule has 25 heavy (non-hydrogen) atoms. The Labute approximate surface area is 138 Å². The second-order valence-corrected chi connectivity index (χ2v) is 5.86. The maximum atomic E-state index is 11.5. The highest BCUT2D eigenvalue weighted by molar-refractivity contribution is 6.04. The third kappa shape index (κ3) is 3.09. The molecule has 0 aromatic heterocycles. The average Bonchev–Trinajstić information content (AvgIpc) is 2.63. The number of carboxylic acids is 6. The maximum absolute atomic E-state index is 11.5. The van der Waals surface area contributed by atoms with Crippen molar-refractivity contribution >= 4 is 35.8 Å². The molecule has 6 N–H and O–H groups in total. The summed E-state index contributed by atoms with van der Waals surface area (Å²) in [6, 6.07) is 0. The van der Waals surface area contributed by atoms with Gasteiger partial charge in [0.1, 0.15) is 0 Å². The van der Waals surface area contributed by atoms with E-state index in [9.17, 15) is 59.4 Å². The van der Waals surface area contributed by atoms with E-state index in [0.717, 1.165) is 0 Å². The summed E-state index contributed by atoms with van der Waals surface area (Å²) < 4.78 is 0. The van der Waals surface area contributed by atoms with Gasteiger partial charge in [-0.2, -0.15) is 0 Å². The minimum absolute atomic E-state index is 1.27. The molecule has 1 saturated carbocycles. The summed E-state index contributed by atoms with van der Waals surface area (Å²) in [6.45, 7) is 0. The molecule has 12 heteroatoms. The molecule has 2 unspecified atom stereocenters. The zero-order valence-corrected chi connectivity index (χ0v) is 12.4. The first-order valence-electron chi connectivity index (χ1n) is 6.71. The molecule has 0 saturated heterocycles. The predicted molar refractivity (Wildman–Crippen MR) is 71.5 cm³/mol. The Balaban J connectivity index is 3.81. The van der Waals surface area contributed by atoms with Gasteiger partial charge in [0.05, 0.1) is 11.8 Å². The van der Waals surface area contributed by atoms with E-state index in [2.05, 4.69) is 0 Å². The topological polar surface area (TPSA) is 224 Å². The molecule has 12 nitrogen and oxygen atoms in total. The summed E-state index contributed by atoms with van der Waals surface area (Å²) in [5.74, 6) is -16.5. The summed E-state index contributed by atoms with van der Waals surface area (Å²) in [5, 5.41) is 55.6. The van der Waals surface area contributed by atoms with Gasteiger partial charge in [0.2, 0.25) is 0 Å². The number of hydrogen-bond acceptors (Lipinski definition) is 6. The zero-order chi connectivity index (χ0) is 19.7. The van der Waals surface area contributed by atoms with Crippen LogP contribution in [0.5, 0.6) is 0 Å². The molecule has 0 aromatic rings. The highest BCUT2D eigenvalue weighted by atomic mass is 16.4. The fraction of sp³-hybridized carbons (Fsp3) is 0.538. The molecule has 1 rings (SSSR count). The fourth-order valence-corrected chi connectivity index (χ4v) is 3.05. The van der Waals surface area contributed by atoms with Crippen LogP contribution in [0.1, 0.15) is 19.3 Å². The SMILES string of the molecule is O=C(O)C1CC(C(=O)O)(C(=O)O)CC(C(=O)O)(C(=O)O)CC1C(=O)O. The Morgan fingerprint density at radius 2 is 0.800 bits per heavy atom. The van der Waals surface area contributed by atoms with Crippen LogP contribution in [0.25, 0.3) is 0 Å². The van der Waals surface area contributed by atoms with Gasteiger partial charge in [-0.05, 0) is 12.8 Å². The smallest absolute Gasteiger partial charge is 0.321 e. The second kappa shape index (κ2) is 6.37. The lowest BCUT2D eigenvalue weighted by molar-refractivity contribution is -0.175. The summed E-state index contributed by atoms with van der Waals surface area (Å²) in [6.07, 6.45) is -4.04. The van der Waals surface area contributed by atoms with Crippen molar-refractivity contribution in [3.63, 3.8) is 0 Å². The van der Waals surface area contributed by atoms with Crippen molar-refractivity contribution in [2.24, 2.45) is 22.7 Å². The van der Waals surface area contributed by atoms with Gasteiger partial charge in [-0.1, -0.05) is 0 Å². The van der Waals surface area contributed by atoms with Crippen LogP contribution in [0.2, 0.25) is 0 Å². The summed E-state index contributed by atoms with van der Waals surface area (Å²) in [5.41, 5.74) is -6.19. The Morgan fingerprint density at radius 1 is 0.560 bits per heavy atom. The Bertz CT molecular complexity index is 578. The first-order valence-corrected chi connectivity index (χ1v) is 6.71. The standard InChI is InChI=1S/C13H14O12/c14-6(15)4-1-12(8(18)19,9(20)21)3-13(10(22)23,11(24)25)2-5(4)7(16)17/h4-5H,1-3H2,(H,14,15)(H,16,17)(H,18,19)(H,20,21)(H,22,23)(H,24,25). The van der Waals surface area contributed by atoms with Crippen molar-refractivity contribution in [2.75, 3.05) is 0 Å². The Kier molecular flexibility index (Phi) is 5.07. The van der Waals surface area contributed by atoms with Gasteiger partial charge in [-0.15, -0.1) is 0 Å². The number of aliphatic carboxylic acids is 6. The largest absolute Gasteiger partial charge is 0.481 e. The van der Waals surface area contributed by atoms with E-state index in [1.165, 1.54) is 0 Å². The van der Waals surface area contributed by atoms with Crippen LogP contribution in [0.4, 0.5) is 0 Å². The fourth-order valence-electron chi connectivity index (χ4n) is 3.05. The van der Waals surface area contributed by atoms with Gasteiger partial charge in [0, 0.05) is 6.42 Å². The van der Waals surface area contributed by atoms with Crippen molar-refractivity contribution < 1.29 is 59.4 Å². The molecule has 0 heterocycles. The molecule has 0 aliphatic heterocycles. The summed E-state index contributed by atoms with van der Waals surface area (Å²) in [4.78, 5) is 68.9. The molecule has 1 aliphatic rings. The predicted octanol–water partition coefficient (Wildman–Crippen LogP) is -1.12. The number of carbonyl (C=O) groups is 6. The lowest BCUT2D eigenvalue weighted by Crippen LogP contribution is -2.49. The van der Waals surface area contributed by atoms with Gasteiger partial charge in [0.15, 0.2) is 10.8 Å². The summed E-state index contributed by atoms with van der Waals surface area (Å²) in [7, 11) is 0. The molecule has 0 bridgehead atoms. The van der Waals surface area contributed by atoms with Crippen LogP contribution in [-0.2, 0) is 28.8 Å². The Morgan fingerprint density at radius 3 is 0.960 bits per heavy atom. The minimum Gasteiger partial charge on any atom is -0.481 e. The molecule has 1 fully saturated rings. The van der Waals surface area contributed by atoms with Crippen molar-refractivity contribution in [1.29, 1.82) is 0 Å². The molecular weight excluding hydrogens is 348 g/mol. The van der Waals surface area contributed by atoms with E-state index in [-0.39, 0.29) is 0 Å². The lowest BCUT2D eigenvalue weighted by Gasteiger charge is -2.30. The van der Waals surface area contributed by atoms with Crippen LogP contribution in [-0.4, -0.2) is 66.5 Å². The van der Waals surface area contributed by atoms with Crippen molar-refractivity contribution in [1.82, 2.24) is 0 Å². The van der Waals surface area contributed by atoms with E-state index in [0.29, 0.717) is 0 Å². The monoisotopic (exact) mass is 362 g/mol. The summed E-state index contributed by atoms with van der Waals surface area (Å²) >= 11 is 0. The molecule has 0 amide bonds. The van der Waals surface area contributed by atoms with Gasteiger partial charge >= 0.3 is 35.8 Å². The first-order chi connectivity index (χ1) is 11.3. The molecule has 0 aromatic carbocycles. The normalized spacial score (nSPS) is 24.5. The van der Waals surface area contributed by atoms with Gasteiger partial charge in [-0.3, -0.25) is 28.8 Å². The molecule has 0 spiro atoms. The average molecular weight is 362 g/mol. The molecule has 2 atom stereocenters. The van der Waals surface area contributed by atoms with Crippen LogP contribution in [0.3, 0.4) is 0 Å². The third-order valence-electron chi connectivity index (χ3n) is 4.50. The maximum Gasteiger partial charge on any atom is 0.321 e. The molecule has 0 radical (unpaired) electrons. The number of carboxylic acid groups (broad SMARTS) is 6. The Hall–Kier alpha value is -3.18. The van der Waals surface area contributed by atoms with Crippen LogP contribution < -0.4 is 0 Å². The van der Waals surface area contributed by atoms with Crippen LogP contribution in [0.15, 0.2) is 0 Å². The van der Waals surface area contributed by atoms with E-state index in [1.54, 1.807) is 0 Å². The number of hydrogen-bond donors (Lipinski definition) is 6. The number of rotatable bonds is 6. The van der Waals surface area contributed by atoms with E-state index >= 15 is 0 Å². The van der Waals surface area contributed by atoms with Crippen molar-refractivity contribution in [3.05, 3.63) is 0 Å². The van der Waals surface area contributed by atoms with Crippen LogP contribution in [0, 0.1) is 22.7 Å². The molecule has 138 valence electrons. The van der Waals surface area contributed by atoms with E-state index in [1.807, 2.05) is 0 Å². The second-order valence-electron chi connectivity index (χ2n) is 5.86. The van der Waals surface area contributed by atoms with Crippen LogP contribution >= 0.6 is 0 Å². The van der Waals surface area contributed by atoms with E-state index < -0.39 is 77.7 Å². The van der Waals surface area contributed by atoms with Crippen molar-refractivity contribution in [2.45, 2.75) is 19.3 Å². The lowest BCUT2D eigenvalue weighted by atomic mass is 9.69.